The van der Waals surface area contributed by atoms with Crippen LogP contribution >= 0.6 is 0 Å². The number of nitrogens with zero attached hydrogens (tertiary/aromatic N) is 4. The Morgan fingerprint density at radius 2 is 2.00 bits per heavy atom. The number of hydrogen-bond acceptors (Lipinski definition) is 5. The van der Waals surface area contributed by atoms with Gasteiger partial charge in [0.15, 0.2) is 0 Å². The van der Waals surface area contributed by atoms with E-state index in [0.717, 1.165) is 75.5 Å². The number of carbonyl (C=O) groups excluding carboxylic acids is 1. The molecule has 6 heteroatoms. The van der Waals surface area contributed by atoms with Gasteiger partial charge in [-0.1, -0.05) is 6.92 Å². The van der Waals surface area contributed by atoms with Crippen LogP contribution in [0.4, 0.5) is 0 Å². The van der Waals surface area contributed by atoms with Gasteiger partial charge in [-0.05, 0) is 65.1 Å². The van der Waals surface area contributed by atoms with Crippen LogP contribution in [0.3, 0.4) is 0 Å². The summed E-state index contributed by atoms with van der Waals surface area (Å²) >= 11 is 0. The van der Waals surface area contributed by atoms with Crippen LogP contribution in [0.5, 0.6) is 0 Å². The predicted octanol–water partition coefficient (Wildman–Crippen LogP) is 3.15. The molecule has 0 N–H and O–H groups in total. The van der Waals surface area contributed by atoms with Gasteiger partial charge in [0.05, 0.1) is 12.3 Å². The summed E-state index contributed by atoms with van der Waals surface area (Å²) in [6.45, 7) is 12.4. The van der Waals surface area contributed by atoms with Gasteiger partial charge in [-0.25, -0.2) is 9.97 Å². The zero-order valence-corrected chi connectivity index (χ0v) is 17.8. The molecule has 1 amide bonds. The van der Waals surface area contributed by atoms with Gasteiger partial charge in [0, 0.05) is 43.8 Å². The molecule has 2 fully saturated rings. The first-order chi connectivity index (χ1) is 13.6. The molecule has 28 heavy (non-hydrogen) atoms. The smallest absolute Gasteiger partial charge is 0.222 e. The molecule has 0 aliphatic carbocycles. The Balaban J connectivity index is 1.61. The van der Waals surface area contributed by atoms with E-state index in [2.05, 4.69) is 21.7 Å². The fraction of sp³-hybridized carbons (Fsp3) is 0.773. The highest BCUT2D eigenvalue weighted by Crippen LogP contribution is 2.30. The monoisotopic (exact) mass is 388 g/mol. The highest BCUT2D eigenvalue weighted by molar-refractivity contribution is 5.76. The van der Waals surface area contributed by atoms with Crippen LogP contribution < -0.4 is 0 Å². The SMILES string of the molecule is CCOCc1cnc(C)nc1C1CCCN(C(=O)CC2CCN(CC)CC2)C1. The molecule has 1 aromatic rings. The van der Waals surface area contributed by atoms with E-state index >= 15 is 0 Å². The zero-order chi connectivity index (χ0) is 19.9. The van der Waals surface area contributed by atoms with Crippen LogP contribution in [-0.4, -0.2) is 65.0 Å². The van der Waals surface area contributed by atoms with Crippen LogP contribution in [0, 0.1) is 12.8 Å². The highest BCUT2D eigenvalue weighted by atomic mass is 16.5. The van der Waals surface area contributed by atoms with Gasteiger partial charge in [0.1, 0.15) is 5.82 Å². The molecule has 1 aromatic heterocycles. The number of likely N-dealkylation sites (tertiary alicyclic amines) is 2. The number of aryl methyl sites for hydroxylation is 1. The van der Waals surface area contributed by atoms with E-state index in [1.807, 2.05) is 20.0 Å². The fourth-order valence-electron chi connectivity index (χ4n) is 4.50. The second kappa shape index (κ2) is 10.3. The summed E-state index contributed by atoms with van der Waals surface area (Å²) in [5.41, 5.74) is 2.15. The van der Waals surface area contributed by atoms with Gasteiger partial charge in [-0.2, -0.15) is 0 Å². The fourth-order valence-corrected chi connectivity index (χ4v) is 4.50. The van der Waals surface area contributed by atoms with Crippen molar-refractivity contribution in [3.63, 3.8) is 0 Å². The Morgan fingerprint density at radius 1 is 1.21 bits per heavy atom. The lowest BCUT2D eigenvalue weighted by Crippen LogP contribution is -2.41. The van der Waals surface area contributed by atoms with Gasteiger partial charge >= 0.3 is 0 Å². The van der Waals surface area contributed by atoms with E-state index in [0.29, 0.717) is 31.5 Å². The Bertz CT molecular complexity index is 643. The van der Waals surface area contributed by atoms with E-state index in [1.165, 1.54) is 0 Å². The molecule has 0 aromatic carbocycles. The summed E-state index contributed by atoms with van der Waals surface area (Å²) in [5.74, 6) is 1.96. The maximum atomic E-state index is 13.0. The molecular formula is C22H36N4O2. The summed E-state index contributed by atoms with van der Waals surface area (Å²) < 4.78 is 5.62. The third-order valence-electron chi connectivity index (χ3n) is 6.26. The lowest BCUT2D eigenvalue weighted by molar-refractivity contribution is -0.133. The van der Waals surface area contributed by atoms with Crippen LogP contribution in [0.2, 0.25) is 0 Å². The van der Waals surface area contributed by atoms with E-state index in [9.17, 15) is 4.79 Å². The topological polar surface area (TPSA) is 58.6 Å². The van der Waals surface area contributed by atoms with E-state index in [-0.39, 0.29) is 5.92 Å². The Morgan fingerprint density at radius 3 is 2.71 bits per heavy atom. The minimum absolute atomic E-state index is 0.289. The van der Waals surface area contributed by atoms with E-state index in [4.69, 9.17) is 9.72 Å². The first-order valence-electron chi connectivity index (χ1n) is 11.0. The van der Waals surface area contributed by atoms with Crippen LogP contribution in [0.1, 0.15) is 69.0 Å². The summed E-state index contributed by atoms with van der Waals surface area (Å²) in [4.78, 5) is 26.6. The standard InChI is InChI=1S/C22H36N4O2/c1-4-25-11-8-18(9-12-25)13-21(27)26-10-6-7-19(15-26)22-20(16-28-5-2)14-23-17(3)24-22/h14,18-19H,4-13,15-16H2,1-3H3. The molecule has 3 heterocycles. The lowest BCUT2D eigenvalue weighted by atomic mass is 9.90. The van der Waals surface area contributed by atoms with Crippen molar-refractivity contribution in [1.82, 2.24) is 19.8 Å². The largest absolute Gasteiger partial charge is 0.377 e. The third kappa shape index (κ3) is 5.51. The summed E-state index contributed by atoms with van der Waals surface area (Å²) in [5, 5.41) is 0. The van der Waals surface area contributed by atoms with E-state index < -0.39 is 0 Å². The van der Waals surface area contributed by atoms with Crippen molar-refractivity contribution < 1.29 is 9.53 Å². The molecule has 0 saturated carbocycles. The molecule has 1 atom stereocenters. The number of aromatic nitrogens is 2. The van der Waals surface area contributed by atoms with Crippen molar-refractivity contribution in [2.75, 3.05) is 39.3 Å². The van der Waals surface area contributed by atoms with Gasteiger partial charge < -0.3 is 14.5 Å². The molecule has 2 aliphatic rings. The first kappa shape index (κ1) is 21.2. The molecule has 0 radical (unpaired) electrons. The Labute approximate surface area is 169 Å². The molecule has 6 nitrogen and oxygen atoms in total. The molecule has 2 aliphatic heterocycles. The Kier molecular flexibility index (Phi) is 7.80. The zero-order valence-electron chi connectivity index (χ0n) is 17.8. The van der Waals surface area contributed by atoms with Crippen molar-refractivity contribution in [3.8, 4) is 0 Å². The maximum Gasteiger partial charge on any atom is 0.222 e. The molecule has 0 bridgehead atoms. The summed E-state index contributed by atoms with van der Waals surface area (Å²) in [7, 11) is 0. The van der Waals surface area contributed by atoms with Gasteiger partial charge in [0.2, 0.25) is 5.91 Å². The summed E-state index contributed by atoms with van der Waals surface area (Å²) in [6, 6.07) is 0. The van der Waals surface area contributed by atoms with Crippen LogP contribution in [0.15, 0.2) is 6.20 Å². The van der Waals surface area contributed by atoms with Gasteiger partial charge in [-0.15, -0.1) is 0 Å². The normalized spacial score (nSPS) is 21.8. The number of rotatable bonds is 7. The maximum absolute atomic E-state index is 13.0. The molecule has 3 rings (SSSR count). The third-order valence-corrected chi connectivity index (χ3v) is 6.26. The molecule has 0 spiro atoms. The highest BCUT2D eigenvalue weighted by Gasteiger charge is 2.29. The van der Waals surface area contributed by atoms with Crippen molar-refractivity contribution in [1.29, 1.82) is 0 Å². The lowest BCUT2D eigenvalue weighted by Gasteiger charge is -2.35. The van der Waals surface area contributed by atoms with Gasteiger partial charge in [-0.3, -0.25) is 4.79 Å². The molecule has 2 saturated heterocycles. The number of hydrogen-bond donors (Lipinski definition) is 0. The van der Waals surface area contributed by atoms with Gasteiger partial charge in [0.25, 0.3) is 0 Å². The number of amides is 1. The van der Waals surface area contributed by atoms with Crippen molar-refractivity contribution in [2.24, 2.45) is 5.92 Å². The van der Waals surface area contributed by atoms with Crippen molar-refractivity contribution >= 4 is 5.91 Å². The van der Waals surface area contributed by atoms with Crippen molar-refractivity contribution in [2.45, 2.75) is 65.4 Å². The second-order valence-electron chi connectivity index (χ2n) is 8.23. The average molecular weight is 389 g/mol. The predicted molar refractivity (Wildman–Crippen MR) is 110 cm³/mol. The Hall–Kier alpha value is -1.53. The molecule has 1 unspecified atom stereocenters. The molecule has 156 valence electrons. The van der Waals surface area contributed by atoms with E-state index in [1.54, 1.807) is 0 Å². The number of piperidine rings is 2. The van der Waals surface area contributed by atoms with Crippen LogP contribution in [0.25, 0.3) is 0 Å². The average Bonchev–Trinajstić information content (AvgIpc) is 2.73. The minimum Gasteiger partial charge on any atom is -0.377 e. The summed E-state index contributed by atoms with van der Waals surface area (Å²) in [6.07, 6.45) is 7.03. The number of carbonyl (C=O) groups is 1. The second-order valence-corrected chi connectivity index (χ2v) is 8.23. The number of ether oxygens (including phenoxy) is 1. The molecular weight excluding hydrogens is 352 g/mol. The van der Waals surface area contributed by atoms with Crippen LogP contribution in [-0.2, 0) is 16.1 Å². The van der Waals surface area contributed by atoms with Crippen molar-refractivity contribution in [3.05, 3.63) is 23.3 Å². The first-order valence-corrected chi connectivity index (χ1v) is 11.0. The minimum atomic E-state index is 0.289. The quantitative estimate of drug-likeness (QED) is 0.718.